The lowest BCUT2D eigenvalue weighted by molar-refractivity contribution is -0.121. The Morgan fingerprint density at radius 2 is 1.96 bits per heavy atom. The molecule has 2 amide bonds. The van der Waals surface area contributed by atoms with Crippen LogP contribution in [-0.2, 0) is 4.79 Å². The highest BCUT2D eigenvalue weighted by molar-refractivity contribution is 9.10. The van der Waals surface area contributed by atoms with Crippen LogP contribution in [0.15, 0.2) is 51.6 Å². The van der Waals surface area contributed by atoms with E-state index in [0.29, 0.717) is 0 Å². The van der Waals surface area contributed by atoms with Crippen LogP contribution in [0.5, 0.6) is 0 Å². The van der Waals surface area contributed by atoms with Crippen molar-refractivity contribution in [3.63, 3.8) is 0 Å². The first-order chi connectivity index (χ1) is 11.1. The van der Waals surface area contributed by atoms with Crippen molar-refractivity contribution < 1.29 is 14.0 Å². The fourth-order valence-corrected chi connectivity index (χ4v) is 2.43. The van der Waals surface area contributed by atoms with Gasteiger partial charge in [-0.3, -0.25) is 9.59 Å². The molecule has 0 saturated heterocycles. The van der Waals surface area contributed by atoms with Crippen molar-refractivity contribution in [3.8, 4) is 0 Å². The van der Waals surface area contributed by atoms with Crippen molar-refractivity contribution in [1.29, 1.82) is 0 Å². The number of furan rings is 1. The molecule has 23 heavy (non-hydrogen) atoms. The molecule has 122 valence electrons. The first kappa shape index (κ1) is 17.3. The first-order valence-corrected chi connectivity index (χ1v) is 8.26. The zero-order valence-corrected chi connectivity index (χ0v) is 14.4. The van der Waals surface area contributed by atoms with Gasteiger partial charge in [0.1, 0.15) is 0 Å². The molecule has 0 saturated carbocycles. The van der Waals surface area contributed by atoms with Crippen LogP contribution in [0.2, 0.25) is 0 Å². The largest absolute Gasteiger partial charge is 0.459 e. The topological polar surface area (TPSA) is 71.3 Å². The van der Waals surface area contributed by atoms with Gasteiger partial charge in [0.15, 0.2) is 5.76 Å². The minimum atomic E-state index is -0.317. The van der Waals surface area contributed by atoms with Crippen molar-refractivity contribution in [2.24, 2.45) is 0 Å². The van der Waals surface area contributed by atoms with Crippen LogP contribution in [-0.4, -0.2) is 18.4 Å². The number of nitrogens with one attached hydrogen (secondary N) is 2. The third-order valence-corrected chi connectivity index (χ3v) is 3.93. The second kappa shape index (κ2) is 8.53. The van der Waals surface area contributed by atoms with Gasteiger partial charge in [-0.1, -0.05) is 35.0 Å². The van der Waals surface area contributed by atoms with E-state index in [1.54, 1.807) is 12.1 Å². The molecule has 6 heteroatoms. The molecule has 0 unspecified atom stereocenters. The van der Waals surface area contributed by atoms with Crippen molar-refractivity contribution in [3.05, 3.63) is 58.5 Å². The van der Waals surface area contributed by atoms with E-state index in [0.717, 1.165) is 16.5 Å². The monoisotopic (exact) mass is 378 g/mol. The van der Waals surface area contributed by atoms with E-state index in [1.807, 2.05) is 31.2 Å². The molecule has 0 aliphatic rings. The number of rotatable bonds is 7. The highest BCUT2D eigenvalue weighted by Crippen LogP contribution is 2.19. The van der Waals surface area contributed by atoms with Gasteiger partial charge in [0.2, 0.25) is 5.91 Å². The van der Waals surface area contributed by atoms with E-state index in [1.165, 1.54) is 6.26 Å². The van der Waals surface area contributed by atoms with Crippen LogP contribution in [0.4, 0.5) is 0 Å². The van der Waals surface area contributed by atoms with Gasteiger partial charge < -0.3 is 15.1 Å². The SMILES string of the molecule is CC[C@H](NC(=O)CCNC(=O)c1ccco1)c1ccc(Br)cc1. The average Bonchev–Trinajstić information content (AvgIpc) is 3.08. The molecule has 5 nitrogen and oxygen atoms in total. The summed E-state index contributed by atoms with van der Waals surface area (Å²) in [6.45, 7) is 2.29. The number of hydrogen-bond donors (Lipinski definition) is 2. The Balaban J connectivity index is 1.79. The summed E-state index contributed by atoms with van der Waals surface area (Å²) in [4.78, 5) is 23.7. The summed E-state index contributed by atoms with van der Waals surface area (Å²) < 4.78 is 5.99. The smallest absolute Gasteiger partial charge is 0.286 e. The van der Waals surface area contributed by atoms with Gasteiger partial charge >= 0.3 is 0 Å². The number of halogens is 1. The van der Waals surface area contributed by atoms with Crippen molar-refractivity contribution in [2.45, 2.75) is 25.8 Å². The molecule has 1 aromatic carbocycles. The maximum absolute atomic E-state index is 12.0. The fraction of sp³-hybridized carbons (Fsp3) is 0.294. The van der Waals surface area contributed by atoms with E-state index < -0.39 is 0 Å². The summed E-state index contributed by atoms with van der Waals surface area (Å²) >= 11 is 3.40. The lowest BCUT2D eigenvalue weighted by Crippen LogP contribution is -2.32. The molecule has 0 spiro atoms. The lowest BCUT2D eigenvalue weighted by atomic mass is 10.0. The Morgan fingerprint density at radius 1 is 1.22 bits per heavy atom. The Bertz CT molecular complexity index is 638. The van der Waals surface area contributed by atoms with Gasteiger partial charge in [0, 0.05) is 17.4 Å². The summed E-state index contributed by atoms with van der Waals surface area (Å²) in [7, 11) is 0. The summed E-state index contributed by atoms with van der Waals surface area (Å²) in [5.74, 6) is -0.172. The molecule has 2 aromatic rings. The molecule has 0 aliphatic heterocycles. The van der Waals surface area contributed by atoms with Gasteiger partial charge in [-0.05, 0) is 36.2 Å². The normalized spacial score (nSPS) is 11.7. The van der Waals surface area contributed by atoms with Crippen LogP contribution in [0.1, 0.15) is 41.9 Å². The van der Waals surface area contributed by atoms with E-state index >= 15 is 0 Å². The van der Waals surface area contributed by atoms with Crippen LogP contribution < -0.4 is 10.6 Å². The minimum Gasteiger partial charge on any atom is -0.459 e. The quantitative estimate of drug-likeness (QED) is 0.774. The van der Waals surface area contributed by atoms with Crippen LogP contribution in [0, 0.1) is 0 Å². The third kappa shape index (κ3) is 5.25. The van der Waals surface area contributed by atoms with Crippen LogP contribution in [0.25, 0.3) is 0 Å². The molecule has 0 bridgehead atoms. The predicted octanol–water partition coefficient (Wildman–Crippen LogP) is 3.43. The molecular formula is C17H19BrN2O3. The summed E-state index contributed by atoms with van der Waals surface area (Å²) in [5, 5.41) is 5.64. The Kier molecular flexibility index (Phi) is 6.40. The zero-order valence-electron chi connectivity index (χ0n) is 12.8. The van der Waals surface area contributed by atoms with E-state index in [-0.39, 0.29) is 36.6 Å². The number of carbonyl (C=O) groups is 2. The van der Waals surface area contributed by atoms with Crippen molar-refractivity contribution in [1.82, 2.24) is 10.6 Å². The molecule has 1 heterocycles. The van der Waals surface area contributed by atoms with Crippen LogP contribution in [0.3, 0.4) is 0 Å². The third-order valence-electron chi connectivity index (χ3n) is 3.40. The molecular weight excluding hydrogens is 360 g/mol. The summed E-state index contributed by atoms with van der Waals surface area (Å²) in [5.41, 5.74) is 1.06. The standard InChI is InChI=1S/C17H19BrN2O3/c1-2-14(12-5-7-13(18)8-6-12)20-16(21)9-10-19-17(22)15-4-3-11-23-15/h3-8,11,14H,2,9-10H2,1H3,(H,19,22)(H,20,21)/t14-/m0/s1. The lowest BCUT2D eigenvalue weighted by Gasteiger charge is -2.17. The molecule has 2 N–H and O–H groups in total. The summed E-state index contributed by atoms with van der Waals surface area (Å²) in [6, 6.07) is 11.1. The van der Waals surface area contributed by atoms with Crippen molar-refractivity contribution >= 4 is 27.7 Å². The molecule has 0 radical (unpaired) electrons. The number of amides is 2. The fourth-order valence-electron chi connectivity index (χ4n) is 2.17. The first-order valence-electron chi connectivity index (χ1n) is 7.46. The molecule has 1 atom stereocenters. The average molecular weight is 379 g/mol. The molecule has 0 fully saturated rings. The van der Waals surface area contributed by atoms with Gasteiger partial charge in [-0.15, -0.1) is 0 Å². The number of benzene rings is 1. The maximum atomic E-state index is 12.0. The Hall–Kier alpha value is -2.08. The molecule has 0 aliphatic carbocycles. The predicted molar refractivity (Wildman–Crippen MR) is 91.0 cm³/mol. The van der Waals surface area contributed by atoms with Crippen molar-refractivity contribution in [2.75, 3.05) is 6.54 Å². The van der Waals surface area contributed by atoms with E-state index in [2.05, 4.69) is 26.6 Å². The van der Waals surface area contributed by atoms with E-state index in [9.17, 15) is 9.59 Å². The number of carbonyl (C=O) groups excluding carboxylic acids is 2. The van der Waals surface area contributed by atoms with Gasteiger partial charge in [-0.25, -0.2) is 0 Å². The maximum Gasteiger partial charge on any atom is 0.286 e. The number of hydrogen-bond acceptors (Lipinski definition) is 3. The van der Waals surface area contributed by atoms with Gasteiger partial charge in [0.25, 0.3) is 5.91 Å². The van der Waals surface area contributed by atoms with Gasteiger partial charge in [0.05, 0.1) is 12.3 Å². The second-order valence-corrected chi connectivity index (χ2v) is 5.98. The Labute approximate surface area is 143 Å². The molecule has 2 rings (SSSR count). The van der Waals surface area contributed by atoms with Gasteiger partial charge in [-0.2, -0.15) is 0 Å². The zero-order chi connectivity index (χ0) is 16.7. The van der Waals surface area contributed by atoms with Crippen LogP contribution >= 0.6 is 15.9 Å². The highest BCUT2D eigenvalue weighted by Gasteiger charge is 2.13. The molecule has 1 aromatic heterocycles. The minimum absolute atomic E-state index is 0.0311. The Morgan fingerprint density at radius 3 is 2.57 bits per heavy atom. The second-order valence-electron chi connectivity index (χ2n) is 5.06. The van der Waals surface area contributed by atoms with E-state index in [4.69, 9.17) is 4.42 Å². The highest BCUT2D eigenvalue weighted by atomic mass is 79.9. The summed E-state index contributed by atoms with van der Waals surface area (Å²) in [6.07, 6.45) is 2.46.